The van der Waals surface area contributed by atoms with Crippen molar-refractivity contribution >= 4 is 10.8 Å². The lowest BCUT2D eigenvalue weighted by Crippen LogP contribution is -1.90. The van der Waals surface area contributed by atoms with Crippen LogP contribution in [0.4, 0.5) is 4.39 Å². The van der Waals surface area contributed by atoms with Crippen LogP contribution < -0.4 is 0 Å². The number of benzene rings is 1. The van der Waals surface area contributed by atoms with Gasteiger partial charge in [0.1, 0.15) is 11.9 Å². The van der Waals surface area contributed by atoms with Crippen LogP contribution in [0, 0.1) is 17.1 Å². The zero-order chi connectivity index (χ0) is 9.14. The molecular formula is C8H6FNOS. The molecule has 0 amide bonds. The minimum Gasteiger partial charge on any atom is -0.255 e. The first-order valence-electron chi connectivity index (χ1n) is 3.18. The molecule has 0 aromatic heterocycles. The molecule has 0 aliphatic carbocycles. The Hall–Kier alpha value is -1.21. The fraction of sp³-hybridized carbons (Fsp3) is 0.125. The number of rotatable bonds is 1. The van der Waals surface area contributed by atoms with Gasteiger partial charge in [-0.2, -0.15) is 5.26 Å². The maximum Gasteiger partial charge on any atom is 0.141 e. The second-order valence-electron chi connectivity index (χ2n) is 2.21. The normalized spacial score (nSPS) is 12.1. The fourth-order valence-electron chi connectivity index (χ4n) is 0.769. The van der Waals surface area contributed by atoms with Gasteiger partial charge in [-0.3, -0.25) is 4.21 Å². The van der Waals surface area contributed by atoms with E-state index in [9.17, 15) is 8.60 Å². The van der Waals surface area contributed by atoms with E-state index in [0.717, 1.165) is 6.07 Å². The van der Waals surface area contributed by atoms with Crippen LogP contribution in [0.25, 0.3) is 0 Å². The summed E-state index contributed by atoms with van der Waals surface area (Å²) >= 11 is 0. The minimum absolute atomic E-state index is 0.0669. The number of nitrogens with zero attached hydrogens (tertiary/aromatic N) is 1. The van der Waals surface area contributed by atoms with Gasteiger partial charge in [-0.05, 0) is 18.2 Å². The quantitative estimate of drug-likeness (QED) is 0.661. The van der Waals surface area contributed by atoms with Crippen molar-refractivity contribution in [1.29, 1.82) is 5.26 Å². The molecule has 12 heavy (non-hydrogen) atoms. The zero-order valence-corrected chi connectivity index (χ0v) is 7.19. The summed E-state index contributed by atoms with van der Waals surface area (Å²) in [4.78, 5) is 0.466. The van der Waals surface area contributed by atoms with Crippen molar-refractivity contribution in [1.82, 2.24) is 0 Å². The third-order valence-electron chi connectivity index (χ3n) is 1.39. The summed E-state index contributed by atoms with van der Waals surface area (Å²) in [6.45, 7) is 0. The highest BCUT2D eigenvalue weighted by Crippen LogP contribution is 2.11. The molecule has 0 saturated carbocycles. The second kappa shape index (κ2) is 3.46. The number of halogens is 1. The lowest BCUT2D eigenvalue weighted by Gasteiger charge is -1.96. The third-order valence-corrected chi connectivity index (χ3v) is 2.31. The largest absolute Gasteiger partial charge is 0.255 e. The molecule has 62 valence electrons. The first kappa shape index (κ1) is 8.88. The molecule has 0 aliphatic heterocycles. The Labute approximate surface area is 72.1 Å². The molecule has 1 aromatic carbocycles. The minimum atomic E-state index is -1.17. The first-order valence-corrected chi connectivity index (χ1v) is 4.74. The summed E-state index contributed by atoms with van der Waals surface area (Å²) < 4.78 is 23.6. The SMILES string of the molecule is CS(=O)c1ccc(F)c(C#N)c1. The molecule has 1 aromatic rings. The summed E-state index contributed by atoms with van der Waals surface area (Å²) in [7, 11) is -1.17. The Morgan fingerprint density at radius 1 is 1.58 bits per heavy atom. The van der Waals surface area contributed by atoms with E-state index in [2.05, 4.69) is 0 Å². The van der Waals surface area contributed by atoms with E-state index in [1.165, 1.54) is 18.4 Å². The number of hydrogen-bond acceptors (Lipinski definition) is 2. The van der Waals surface area contributed by atoms with Gasteiger partial charge in [0.15, 0.2) is 0 Å². The van der Waals surface area contributed by atoms with Crippen molar-refractivity contribution in [2.45, 2.75) is 4.90 Å². The monoisotopic (exact) mass is 183 g/mol. The van der Waals surface area contributed by atoms with Gasteiger partial charge in [0.05, 0.1) is 5.56 Å². The fourth-order valence-corrected chi connectivity index (χ4v) is 1.31. The molecule has 0 bridgehead atoms. The average Bonchev–Trinajstić information content (AvgIpc) is 2.05. The highest BCUT2D eigenvalue weighted by Gasteiger charge is 2.03. The highest BCUT2D eigenvalue weighted by atomic mass is 32.2. The van der Waals surface area contributed by atoms with Crippen LogP contribution in [0.5, 0.6) is 0 Å². The van der Waals surface area contributed by atoms with Gasteiger partial charge < -0.3 is 0 Å². The number of nitriles is 1. The Morgan fingerprint density at radius 2 is 2.25 bits per heavy atom. The molecule has 0 spiro atoms. The van der Waals surface area contributed by atoms with Gasteiger partial charge in [-0.15, -0.1) is 0 Å². The van der Waals surface area contributed by atoms with E-state index in [1.807, 2.05) is 0 Å². The molecule has 2 nitrogen and oxygen atoms in total. The molecule has 0 N–H and O–H groups in total. The van der Waals surface area contributed by atoms with Crippen LogP contribution in [0.15, 0.2) is 23.1 Å². The number of hydrogen-bond donors (Lipinski definition) is 0. The van der Waals surface area contributed by atoms with Gasteiger partial charge in [-0.25, -0.2) is 4.39 Å². The Morgan fingerprint density at radius 3 is 2.75 bits per heavy atom. The van der Waals surface area contributed by atoms with E-state index in [4.69, 9.17) is 5.26 Å². The van der Waals surface area contributed by atoms with E-state index in [-0.39, 0.29) is 5.56 Å². The van der Waals surface area contributed by atoms with E-state index in [1.54, 1.807) is 6.07 Å². The van der Waals surface area contributed by atoms with Crippen molar-refractivity contribution in [3.63, 3.8) is 0 Å². The summed E-state index contributed by atoms with van der Waals surface area (Å²) in [5.74, 6) is -0.577. The lowest BCUT2D eigenvalue weighted by atomic mass is 10.2. The predicted molar refractivity (Wildman–Crippen MR) is 43.4 cm³/mol. The van der Waals surface area contributed by atoms with Gasteiger partial charge in [0, 0.05) is 22.0 Å². The van der Waals surface area contributed by atoms with E-state index >= 15 is 0 Å². The second-order valence-corrected chi connectivity index (χ2v) is 3.59. The van der Waals surface area contributed by atoms with Crippen LogP contribution in [0.3, 0.4) is 0 Å². The van der Waals surface area contributed by atoms with Crippen LogP contribution in [-0.4, -0.2) is 10.5 Å². The third kappa shape index (κ3) is 1.69. The van der Waals surface area contributed by atoms with E-state index in [0.29, 0.717) is 4.90 Å². The summed E-state index contributed by atoms with van der Waals surface area (Å²) in [5.41, 5.74) is -0.0669. The van der Waals surface area contributed by atoms with E-state index < -0.39 is 16.6 Å². The molecule has 0 heterocycles. The average molecular weight is 183 g/mol. The molecule has 0 aliphatic rings. The van der Waals surface area contributed by atoms with Crippen LogP contribution >= 0.6 is 0 Å². The highest BCUT2D eigenvalue weighted by molar-refractivity contribution is 7.84. The van der Waals surface area contributed by atoms with Crippen molar-refractivity contribution in [3.05, 3.63) is 29.6 Å². The van der Waals surface area contributed by atoms with Gasteiger partial charge >= 0.3 is 0 Å². The van der Waals surface area contributed by atoms with Gasteiger partial charge in [-0.1, -0.05) is 0 Å². The van der Waals surface area contributed by atoms with Crippen molar-refractivity contribution < 1.29 is 8.60 Å². The Kier molecular flexibility index (Phi) is 2.56. The molecule has 0 radical (unpaired) electrons. The first-order chi connectivity index (χ1) is 5.65. The molecule has 4 heteroatoms. The lowest BCUT2D eigenvalue weighted by molar-refractivity contribution is 0.622. The van der Waals surface area contributed by atoms with Crippen molar-refractivity contribution in [3.8, 4) is 6.07 Å². The summed E-state index contributed by atoms with van der Waals surface area (Å²) in [6, 6.07) is 5.54. The van der Waals surface area contributed by atoms with Crippen LogP contribution in [0.2, 0.25) is 0 Å². The van der Waals surface area contributed by atoms with Crippen molar-refractivity contribution in [2.24, 2.45) is 0 Å². The molecule has 0 fully saturated rings. The summed E-state index contributed by atoms with van der Waals surface area (Å²) in [5, 5.41) is 8.44. The summed E-state index contributed by atoms with van der Waals surface area (Å²) in [6.07, 6.45) is 1.48. The molecule has 1 atom stereocenters. The topological polar surface area (TPSA) is 40.9 Å². The van der Waals surface area contributed by atoms with Crippen molar-refractivity contribution in [2.75, 3.05) is 6.26 Å². The van der Waals surface area contributed by atoms with Gasteiger partial charge in [0.25, 0.3) is 0 Å². The molecule has 0 saturated heterocycles. The smallest absolute Gasteiger partial charge is 0.141 e. The molecular weight excluding hydrogens is 177 g/mol. The predicted octanol–water partition coefficient (Wildman–Crippen LogP) is 1.43. The Balaban J connectivity index is 3.25. The molecule has 1 rings (SSSR count). The maximum absolute atomic E-state index is 12.7. The van der Waals surface area contributed by atoms with Gasteiger partial charge in [0.2, 0.25) is 0 Å². The zero-order valence-electron chi connectivity index (χ0n) is 6.37. The Bertz CT molecular complexity index is 370. The maximum atomic E-state index is 12.7. The molecule has 1 unspecified atom stereocenters. The van der Waals surface area contributed by atoms with Crippen LogP contribution in [0.1, 0.15) is 5.56 Å². The van der Waals surface area contributed by atoms with Crippen LogP contribution in [-0.2, 0) is 10.8 Å². The standard InChI is InChI=1S/C8H6FNOS/c1-12(11)7-2-3-8(9)6(4-7)5-10/h2-4H,1H3.